The molecule has 1 aromatic rings. The molecule has 0 spiro atoms. The van der Waals surface area contributed by atoms with Gasteiger partial charge in [0.25, 0.3) is 0 Å². The number of hydrogen-bond donors (Lipinski definition) is 1. The first kappa shape index (κ1) is 28.7. The van der Waals surface area contributed by atoms with Crippen LogP contribution in [0.15, 0.2) is 24.3 Å². The zero-order chi connectivity index (χ0) is 23.0. The maximum Gasteiger partial charge on any atom is 0.119 e. The van der Waals surface area contributed by atoms with E-state index in [0.717, 1.165) is 12.2 Å². The third kappa shape index (κ3) is 18.3. The van der Waals surface area contributed by atoms with Crippen molar-refractivity contribution in [2.24, 2.45) is 5.73 Å². The number of ether oxygens (including phenoxy) is 8. The Bertz CT molecular complexity index is 503. The lowest BCUT2D eigenvalue weighted by Gasteiger charge is -2.09. The summed E-state index contributed by atoms with van der Waals surface area (Å²) in [6.45, 7) is 8.26. The van der Waals surface area contributed by atoms with Gasteiger partial charge in [-0.3, -0.25) is 0 Å². The van der Waals surface area contributed by atoms with Gasteiger partial charge in [-0.15, -0.1) is 0 Å². The number of rotatable bonds is 24. The first-order valence-electron chi connectivity index (χ1n) is 11.2. The average molecular weight is 460 g/mol. The molecule has 0 aliphatic rings. The van der Waals surface area contributed by atoms with Crippen LogP contribution in [0.4, 0.5) is 0 Å². The highest BCUT2D eigenvalue weighted by Crippen LogP contribution is 2.12. The zero-order valence-electron chi connectivity index (χ0n) is 19.5. The summed E-state index contributed by atoms with van der Waals surface area (Å²) in [5, 5.41) is 0. The minimum atomic E-state index is 0.506. The first-order chi connectivity index (χ1) is 15.9. The van der Waals surface area contributed by atoms with Gasteiger partial charge in [0, 0.05) is 7.11 Å². The fraction of sp³-hybridized carbons (Fsp3) is 0.739. The molecule has 0 radical (unpaired) electrons. The molecule has 0 amide bonds. The Morgan fingerprint density at radius 2 is 0.906 bits per heavy atom. The van der Waals surface area contributed by atoms with Crippen LogP contribution in [-0.4, -0.2) is 106 Å². The second-order valence-corrected chi connectivity index (χ2v) is 6.70. The predicted molar refractivity (Wildman–Crippen MR) is 121 cm³/mol. The number of benzene rings is 1. The Labute approximate surface area is 192 Å². The molecule has 0 aromatic heterocycles. The van der Waals surface area contributed by atoms with Crippen molar-refractivity contribution in [3.63, 3.8) is 0 Å². The Kier molecular flexibility index (Phi) is 20.5. The Balaban J connectivity index is 1.72. The normalized spacial score (nSPS) is 11.2. The first-order valence-corrected chi connectivity index (χ1v) is 11.2. The highest BCUT2D eigenvalue weighted by Gasteiger charge is 1.97. The molecular weight excluding hydrogens is 418 g/mol. The van der Waals surface area contributed by atoms with E-state index in [-0.39, 0.29) is 0 Å². The van der Waals surface area contributed by atoms with Crippen LogP contribution >= 0.6 is 0 Å². The molecule has 0 aliphatic carbocycles. The molecule has 0 atom stereocenters. The molecule has 32 heavy (non-hydrogen) atoms. The van der Waals surface area contributed by atoms with Gasteiger partial charge in [-0.1, -0.05) is 12.1 Å². The molecule has 9 heteroatoms. The lowest BCUT2D eigenvalue weighted by Crippen LogP contribution is -2.15. The van der Waals surface area contributed by atoms with Crippen LogP contribution in [0, 0.1) is 0 Å². The summed E-state index contributed by atoms with van der Waals surface area (Å²) in [6.07, 6.45) is 0.880. The van der Waals surface area contributed by atoms with Gasteiger partial charge in [0.1, 0.15) is 12.4 Å². The summed E-state index contributed by atoms with van der Waals surface area (Å²) >= 11 is 0. The summed E-state index contributed by atoms with van der Waals surface area (Å²) in [5.41, 5.74) is 6.75. The minimum absolute atomic E-state index is 0.506. The van der Waals surface area contributed by atoms with Gasteiger partial charge in [-0.25, -0.2) is 0 Å². The SMILES string of the molecule is COCCOCCOCCOCCOCCOCCOCCOc1ccc(CCN)cc1. The Morgan fingerprint density at radius 3 is 1.28 bits per heavy atom. The van der Waals surface area contributed by atoms with Gasteiger partial charge in [0.15, 0.2) is 0 Å². The van der Waals surface area contributed by atoms with Crippen molar-refractivity contribution in [2.45, 2.75) is 6.42 Å². The molecule has 1 aromatic carbocycles. The predicted octanol–water partition coefficient (Wildman–Crippen LogP) is 1.31. The molecule has 186 valence electrons. The van der Waals surface area contributed by atoms with E-state index in [0.29, 0.717) is 99.0 Å². The highest BCUT2D eigenvalue weighted by molar-refractivity contribution is 5.27. The van der Waals surface area contributed by atoms with Crippen LogP contribution in [-0.2, 0) is 39.6 Å². The molecule has 0 bridgehead atoms. The second kappa shape index (κ2) is 22.9. The van der Waals surface area contributed by atoms with Gasteiger partial charge >= 0.3 is 0 Å². The molecule has 0 heterocycles. The third-order valence-electron chi connectivity index (χ3n) is 4.14. The quantitative estimate of drug-likeness (QED) is 0.229. The van der Waals surface area contributed by atoms with Crippen molar-refractivity contribution < 1.29 is 37.9 Å². The maximum atomic E-state index is 5.63. The van der Waals surface area contributed by atoms with Gasteiger partial charge in [-0.2, -0.15) is 0 Å². The van der Waals surface area contributed by atoms with Crippen molar-refractivity contribution in [1.29, 1.82) is 0 Å². The summed E-state index contributed by atoms with van der Waals surface area (Å²) in [4.78, 5) is 0. The maximum absolute atomic E-state index is 5.63. The molecule has 2 N–H and O–H groups in total. The van der Waals surface area contributed by atoms with E-state index in [9.17, 15) is 0 Å². The molecule has 0 saturated heterocycles. The van der Waals surface area contributed by atoms with Crippen LogP contribution in [0.1, 0.15) is 5.56 Å². The van der Waals surface area contributed by atoms with Crippen molar-refractivity contribution in [3.8, 4) is 5.75 Å². The average Bonchev–Trinajstić information content (AvgIpc) is 2.81. The number of nitrogens with two attached hydrogens (primary N) is 1. The van der Waals surface area contributed by atoms with E-state index in [1.54, 1.807) is 7.11 Å². The largest absolute Gasteiger partial charge is 0.491 e. The second-order valence-electron chi connectivity index (χ2n) is 6.70. The fourth-order valence-corrected chi connectivity index (χ4v) is 2.48. The molecule has 1 rings (SSSR count). The molecule has 0 fully saturated rings. The van der Waals surface area contributed by atoms with Gasteiger partial charge < -0.3 is 43.6 Å². The van der Waals surface area contributed by atoms with Crippen LogP contribution in [0.5, 0.6) is 5.75 Å². The zero-order valence-corrected chi connectivity index (χ0v) is 19.5. The smallest absolute Gasteiger partial charge is 0.119 e. The summed E-state index contributed by atoms with van der Waals surface area (Å²) in [6, 6.07) is 7.97. The van der Waals surface area contributed by atoms with Crippen molar-refractivity contribution in [1.82, 2.24) is 0 Å². The lowest BCUT2D eigenvalue weighted by molar-refractivity contribution is -0.0199. The molecule has 0 saturated carbocycles. The van der Waals surface area contributed by atoms with E-state index >= 15 is 0 Å². The summed E-state index contributed by atoms with van der Waals surface area (Å²) in [5.74, 6) is 0.836. The highest BCUT2D eigenvalue weighted by atomic mass is 16.6. The van der Waals surface area contributed by atoms with Gasteiger partial charge in [-0.05, 0) is 30.7 Å². The van der Waals surface area contributed by atoms with Crippen molar-refractivity contribution >= 4 is 0 Å². The number of methoxy groups -OCH3 is 1. The fourth-order valence-electron chi connectivity index (χ4n) is 2.48. The molecule has 0 aliphatic heterocycles. The topological polar surface area (TPSA) is 99.9 Å². The van der Waals surface area contributed by atoms with Crippen LogP contribution in [0.3, 0.4) is 0 Å². The van der Waals surface area contributed by atoms with Crippen LogP contribution in [0.2, 0.25) is 0 Å². The van der Waals surface area contributed by atoms with E-state index < -0.39 is 0 Å². The molecule has 9 nitrogen and oxygen atoms in total. The molecule has 0 unspecified atom stereocenters. The van der Waals surface area contributed by atoms with Crippen molar-refractivity contribution in [2.75, 3.05) is 106 Å². The van der Waals surface area contributed by atoms with Crippen LogP contribution in [0.25, 0.3) is 0 Å². The number of hydrogen-bond acceptors (Lipinski definition) is 9. The van der Waals surface area contributed by atoms with Crippen molar-refractivity contribution in [3.05, 3.63) is 29.8 Å². The standard InChI is InChI=1S/C23H41NO8/c1-25-8-9-26-10-11-27-12-13-28-14-15-29-16-17-30-18-19-31-20-21-32-23-4-2-22(3-5-23)6-7-24/h2-5H,6-21,24H2,1H3. The summed E-state index contributed by atoms with van der Waals surface area (Å²) < 4.78 is 43.0. The van der Waals surface area contributed by atoms with Gasteiger partial charge in [0.05, 0.1) is 85.9 Å². The minimum Gasteiger partial charge on any atom is -0.491 e. The van der Waals surface area contributed by atoms with E-state index in [1.807, 2.05) is 24.3 Å². The lowest BCUT2D eigenvalue weighted by atomic mass is 10.1. The van der Waals surface area contributed by atoms with Crippen LogP contribution < -0.4 is 10.5 Å². The van der Waals surface area contributed by atoms with Gasteiger partial charge in [0.2, 0.25) is 0 Å². The monoisotopic (exact) mass is 459 g/mol. The Hall–Kier alpha value is -1.30. The summed E-state index contributed by atoms with van der Waals surface area (Å²) in [7, 11) is 1.65. The third-order valence-corrected chi connectivity index (χ3v) is 4.14. The molecular formula is C23H41NO8. The Morgan fingerprint density at radius 1 is 0.531 bits per heavy atom. The van der Waals surface area contributed by atoms with E-state index in [1.165, 1.54) is 5.56 Å². The van der Waals surface area contributed by atoms with E-state index in [4.69, 9.17) is 43.6 Å². The van der Waals surface area contributed by atoms with E-state index in [2.05, 4.69) is 0 Å².